The highest BCUT2D eigenvalue weighted by Gasteiger charge is 2.21. The number of aryl methyl sites for hydroxylation is 1. The Morgan fingerprint density at radius 3 is 1.88 bits per heavy atom. The first-order chi connectivity index (χ1) is 36.0. The van der Waals surface area contributed by atoms with E-state index >= 15 is 0 Å². The monoisotopic (exact) mass is 650 g/mol. The molecule has 9 aromatic carbocycles. The molecule has 1 heterocycles. The van der Waals surface area contributed by atoms with Gasteiger partial charge < -0.3 is 4.42 Å². The zero-order chi connectivity index (χ0) is 56.4. The summed E-state index contributed by atoms with van der Waals surface area (Å²) in [5, 5.41) is -7.29. The number of furan rings is 1. The van der Waals surface area contributed by atoms with E-state index in [2.05, 4.69) is 0 Å². The summed E-state index contributed by atoms with van der Waals surface area (Å²) in [5.41, 5.74) is -5.06. The maximum atomic E-state index is 10.1. The number of allylic oxidation sites excluding steroid dienone is 1. The molecule has 11 rings (SSSR count). The van der Waals surface area contributed by atoms with Gasteiger partial charge in [-0.15, -0.1) is 0 Å². The molecule has 0 saturated heterocycles. The number of fused-ring (bicyclic) bond motifs is 11. The van der Waals surface area contributed by atoms with Gasteiger partial charge in [0.2, 0.25) is 0 Å². The van der Waals surface area contributed by atoms with Crippen LogP contribution in [0.25, 0.3) is 104 Å². The molecule has 228 valence electrons. The lowest BCUT2D eigenvalue weighted by Crippen LogP contribution is -1.97. The van der Waals surface area contributed by atoms with E-state index in [-0.39, 0.29) is 0 Å². The highest BCUT2D eigenvalue weighted by Crippen LogP contribution is 2.48. The normalized spacial score (nSPS) is 24.5. The van der Waals surface area contributed by atoms with Crippen LogP contribution in [0.4, 0.5) is 0 Å². The van der Waals surface area contributed by atoms with Crippen molar-refractivity contribution in [2.75, 3.05) is 0 Å². The van der Waals surface area contributed by atoms with Crippen LogP contribution in [0.15, 0.2) is 155 Å². The minimum Gasteiger partial charge on any atom is -0.456 e. The molecule has 0 aliphatic heterocycles. The van der Waals surface area contributed by atoms with Crippen molar-refractivity contribution in [1.29, 1.82) is 0 Å². The standard InChI is InChI=1S/C48H30O/c1-2-13-31-28-45-42(25-30(31)12-1)41-26-33(23-24-44(41)49-45)47-37-17-7-9-19-39(37)48(40-20-10-8-18-38(40)47)43-27-32-22-21-29-11-3-4-14-34(29)46(32)36-16-6-5-15-35(36)43/h1-3,5-13,15-28H,4,14H2/i1D,2D,3D,4D,5D,6D,7D,8D,9D,10D,11D,12D,13D,14D,15D,16D,17D,18D,19D,20D,21D,22D,23D,24D,25D,26D,27D,28D. The van der Waals surface area contributed by atoms with Crippen LogP contribution < -0.4 is 0 Å². The molecule has 1 aliphatic carbocycles. The third-order valence-electron chi connectivity index (χ3n) is 8.58. The smallest absolute Gasteiger partial charge is 0.136 e. The maximum absolute atomic E-state index is 10.1. The molecule has 1 aliphatic rings. The van der Waals surface area contributed by atoms with Gasteiger partial charge in [-0.1, -0.05) is 127 Å². The Labute approximate surface area is 322 Å². The van der Waals surface area contributed by atoms with Crippen LogP contribution >= 0.6 is 0 Å². The average molecular weight is 651 g/mol. The molecule has 0 spiro atoms. The quantitative estimate of drug-likeness (QED) is 0.134. The third-order valence-corrected chi connectivity index (χ3v) is 8.58. The second-order valence-corrected chi connectivity index (χ2v) is 11.2. The van der Waals surface area contributed by atoms with Gasteiger partial charge in [-0.3, -0.25) is 0 Å². The summed E-state index contributed by atoms with van der Waals surface area (Å²) in [5.74, 6) is 0. The molecule has 0 saturated carbocycles. The van der Waals surface area contributed by atoms with Crippen LogP contribution in [0, 0.1) is 0 Å². The molecular weight excluding hydrogens is 593 g/mol. The predicted molar refractivity (Wildman–Crippen MR) is 209 cm³/mol. The van der Waals surface area contributed by atoms with Crippen LogP contribution in [-0.4, -0.2) is 0 Å². The van der Waals surface area contributed by atoms with Crippen LogP contribution in [-0.2, 0) is 6.40 Å². The summed E-state index contributed by atoms with van der Waals surface area (Å²) in [6.07, 6.45) is -3.67. The maximum Gasteiger partial charge on any atom is 0.136 e. The summed E-state index contributed by atoms with van der Waals surface area (Å²) in [7, 11) is 0. The van der Waals surface area contributed by atoms with E-state index in [1.807, 2.05) is 0 Å². The van der Waals surface area contributed by atoms with Crippen LogP contribution in [0.3, 0.4) is 0 Å². The van der Waals surface area contributed by atoms with Crippen LogP contribution in [0.1, 0.15) is 55.9 Å². The van der Waals surface area contributed by atoms with Crippen molar-refractivity contribution in [3.05, 3.63) is 162 Å². The number of rotatable bonds is 2. The summed E-state index contributed by atoms with van der Waals surface area (Å²) < 4.78 is 262. The minimum absolute atomic E-state index is 0.410. The minimum atomic E-state index is -1.86. The largest absolute Gasteiger partial charge is 0.456 e. The fourth-order valence-corrected chi connectivity index (χ4v) is 6.54. The Morgan fingerprint density at radius 1 is 0.490 bits per heavy atom. The molecule has 0 bridgehead atoms. The highest BCUT2D eigenvalue weighted by atomic mass is 16.3. The molecule has 2 atom stereocenters. The van der Waals surface area contributed by atoms with Gasteiger partial charge in [0.15, 0.2) is 0 Å². The molecule has 2 unspecified atom stereocenters. The Kier molecular flexibility index (Phi) is 2.38. The lowest BCUT2D eigenvalue weighted by molar-refractivity contribution is 0.669. The van der Waals surface area contributed by atoms with Crippen molar-refractivity contribution in [2.24, 2.45) is 0 Å². The summed E-state index contributed by atoms with van der Waals surface area (Å²) in [6.45, 7) is 0. The van der Waals surface area contributed by atoms with Gasteiger partial charge in [-0.05, 0) is 130 Å². The molecular formula is C48H30O. The Balaban J connectivity index is 1.47. The first kappa shape index (κ1) is 11.5. The van der Waals surface area contributed by atoms with E-state index in [1.165, 1.54) is 0 Å². The SMILES string of the molecule is [2H]C1=C([2H])C([2H])C([2H])c2c1c([2H])c([2H])c1c([2H])c(-c3c4c([2H])c([2H])c([2H])c([2H])c4c(-c4c([2H])c([2H])c5oc6c([2H])c7c([2H])c([2H])c([2H])c([2H])c7c([2H])c6c5c4[2H])c4c([2H])c([2H])c([2H])c([2H])c34)c3c([2H])c([2H])c([2H])c([2H])c3c21. The molecule has 1 heteroatoms. The van der Waals surface area contributed by atoms with E-state index in [1.54, 1.807) is 0 Å². The topological polar surface area (TPSA) is 13.1 Å². The zero-order valence-electron chi connectivity index (χ0n) is 52.6. The van der Waals surface area contributed by atoms with Gasteiger partial charge in [0.1, 0.15) is 11.2 Å². The Morgan fingerprint density at radius 2 is 1.12 bits per heavy atom. The molecule has 1 aromatic heterocycles. The summed E-state index contributed by atoms with van der Waals surface area (Å²) in [4.78, 5) is 0. The number of benzene rings is 9. The molecule has 10 aromatic rings. The molecule has 49 heavy (non-hydrogen) atoms. The first-order valence-electron chi connectivity index (χ1n) is 29.0. The second kappa shape index (κ2) is 10.2. The van der Waals surface area contributed by atoms with Gasteiger partial charge in [0.25, 0.3) is 0 Å². The van der Waals surface area contributed by atoms with Crippen molar-refractivity contribution >= 4 is 81.9 Å². The van der Waals surface area contributed by atoms with Gasteiger partial charge in [-0.25, -0.2) is 0 Å². The van der Waals surface area contributed by atoms with Crippen LogP contribution in [0.5, 0.6) is 0 Å². The van der Waals surface area contributed by atoms with E-state index in [4.69, 9.17) is 26.3 Å². The zero-order valence-corrected chi connectivity index (χ0v) is 24.6. The van der Waals surface area contributed by atoms with E-state index < -0.39 is 279 Å². The van der Waals surface area contributed by atoms with Gasteiger partial charge >= 0.3 is 0 Å². The van der Waals surface area contributed by atoms with Crippen molar-refractivity contribution in [3.63, 3.8) is 0 Å². The van der Waals surface area contributed by atoms with Gasteiger partial charge in [0.05, 0.1) is 35.6 Å². The molecule has 0 fully saturated rings. The van der Waals surface area contributed by atoms with E-state index in [0.717, 1.165) is 0 Å². The van der Waals surface area contributed by atoms with Gasteiger partial charge in [0, 0.05) is 13.5 Å². The van der Waals surface area contributed by atoms with Crippen molar-refractivity contribution in [1.82, 2.24) is 0 Å². The van der Waals surface area contributed by atoms with Gasteiger partial charge in [-0.2, -0.15) is 0 Å². The van der Waals surface area contributed by atoms with Crippen molar-refractivity contribution in [3.8, 4) is 22.3 Å². The fraction of sp³-hybridized carbons (Fsp3) is 0.0417. The number of hydrogen-bond donors (Lipinski definition) is 0. The summed E-state index contributed by atoms with van der Waals surface area (Å²) in [6, 6.07) is -23.1. The van der Waals surface area contributed by atoms with Crippen molar-refractivity contribution in [2.45, 2.75) is 12.8 Å². The predicted octanol–water partition coefficient (Wildman–Crippen LogP) is 13.6. The van der Waals surface area contributed by atoms with Crippen molar-refractivity contribution < 1.29 is 42.8 Å². The molecule has 0 N–H and O–H groups in total. The van der Waals surface area contributed by atoms with Crippen LogP contribution in [0.2, 0.25) is 0 Å². The lowest BCUT2D eigenvalue weighted by atomic mass is 9.82. The Bertz CT molecular complexity index is 4530. The first-order valence-corrected chi connectivity index (χ1v) is 14.8. The lowest BCUT2D eigenvalue weighted by Gasteiger charge is -2.21. The van der Waals surface area contributed by atoms with E-state index in [9.17, 15) is 16.4 Å². The summed E-state index contributed by atoms with van der Waals surface area (Å²) >= 11 is 0. The second-order valence-electron chi connectivity index (χ2n) is 11.2. The van der Waals surface area contributed by atoms with E-state index in [0.29, 0.717) is 0 Å². The molecule has 1 nitrogen and oxygen atoms in total. The molecule has 0 amide bonds. The number of hydrogen-bond acceptors (Lipinski definition) is 1. The Hall–Kier alpha value is -6.18. The molecule has 0 radical (unpaired) electrons. The third kappa shape index (κ3) is 3.87. The fourth-order valence-electron chi connectivity index (χ4n) is 6.54. The average Bonchev–Trinajstić information content (AvgIpc) is 3.91. The highest BCUT2D eigenvalue weighted by molar-refractivity contribution is 6.26.